The number of methoxy groups -OCH3 is 1. The van der Waals surface area contributed by atoms with E-state index in [2.05, 4.69) is 10.4 Å². The molecule has 1 amide bonds. The fraction of sp³-hybridized carbons (Fsp3) is 0.333. The number of rotatable bonds is 5. The van der Waals surface area contributed by atoms with E-state index in [-0.39, 0.29) is 17.4 Å². The van der Waals surface area contributed by atoms with Crippen molar-refractivity contribution in [3.63, 3.8) is 0 Å². The predicted molar refractivity (Wildman–Crippen MR) is 122 cm³/mol. The molecule has 3 aromatic rings. The summed E-state index contributed by atoms with van der Waals surface area (Å²) >= 11 is 0. The van der Waals surface area contributed by atoms with Gasteiger partial charge in [-0.25, -0.2) is 13.1 Å². The molecule has 2 heterocycles. The molecule has 8 heteroatoms. The average molecular weight is 452 g/mol. The lowest BCUT2D eigenvalue weighted by Gasteiger charge is -2.28. The van der Waals surface area contributed by atoms with Gasteiger partial charge in [-0.3, -0.25) is 4.79 Å². The van der Waals surface area contributed by atoms with Crippen LogP contribution in [0.25, 0.3) is 5.69 Å². The first-order valence-corrected chi connectivity index (χ1v) is 12.6. The standard InChI is InChI=1S/C24H25N3O4S/c1-31-19-11-9-18(10-12-19)27-22(20-15-32(29,30)16-21(20)26-27)25-23(28)24(13-5-6-14-24)17-7-3-2-4-8-17/h2-4,7-12H,5-6,13-16H2,1H3,(H,25,28). The van der Waals surface area contributed by atoms with E-state index in [1.54, 1.807) is 11.8 Å². The van der Waals surface area contributed by atoms with Gasteiger partial charge in [0.05, 0.1) is 35.4 Å². The Morgan fingerprint density at radius 2 is 1.72 bits per heavy atom. The molecule has 2 aromatic carbocycles. The average Bonchev–Trinajstić information content (AvgIpc) is 3.49. The van der Waals surface area contributed by atoms with Crippen LogP contribution in [-0.2, 0) is 31.6 Å². The number of ether oxygens (including phenoxy) is 1. The van der Waals surface area contributed by atoms with Crippen LogP contribution in [0.15, 0.2) is 54.6 Å². The van der Waals surface area contributed by atoms with E-state index < -0.39 is 15.3 Å². The van der Waals surface area contributed by atoms with Crippen molar-refractivity contribution in [2.24, 2.45) is 0 Å². The molecule has 1 N–H and O–H groups in total. The van der Waals surface area contributed by atoms with Gasteiger partial charge in [0.15, 0.2) is 9.84 Å². The van der Waals surface area contributed by atoms with Crippen LogP contribution in [0.3, 0.4) is 0 Å². The Balaban J connectivity index is 1.57. The lowest BCUT2D eigenvalue weighted by atomic mass is 9.78. The van der Waals surface area contributed by atoms with Crippen molar-refractivity contribution in [3.05, 3.63) is 71.4 Å². The van der Waals surface area contributed by atoms with Crippen LogP contribution in [-0.4, -0.2) is 31.2 Å². The normalized spacial score (nSPS) is 18.3. The van der Waals surface area contributed by atoms with Gasteiger partial charge in [-0.1, -0.05) is 43.2 Å². The van der Waals surface area contributed by atoms with Gasteiger partial charge >= 0.3 is 0 Å². The number of sulfone groups is 1. The Labute approximate surface area is 187 Å². The van der Waals surface area contributed by atoms with Crippen molar-refractivity contribution < 1.29 is 17.9 Å². The lowest BCUT2D eigenvalue weighted by molar-refractivity contribution is -0.121. The monoisotopic (exact) mass is 451 g/mol. The van der Waals surface area contributed by atoms with Crippen LogP contribution >= 0.6 is 0 Å². The number of benzene rings is 2. The summed E-state index contributed by atoms with van der Waals surface area (Å²) in [7, 11) is -1.67. The Kier molecular flexibility index (Phi) is 5.04. The van der Waals surface area contributed by atoms with Crippen molar-refractivity contribution in [1.82, 2.24) is 9.78 Å². The van der Waals surface area contributed by atoms with E-state index in [0.29, 0.717) is 22.8 Å². The number of aromatic nitrogens is 2. The van der Waals surface area contributed by atoms with Gasteiger partial charge in [0.25, 0.3) is 0 Å². The summed E-state index contributed by atoms with van der Waals surface area (Å²) in [5.74, 6) is 0.807. The number of hydrogen-bond acceptors (Lipinski definition) is 5. The number of amides is 1. The summed E-state index contributed by atoms with van der Waals surface area (Å²) in [4.78, 5) is 13.8. The Bertz CT molecular complexity index is 1260. The first-order valence-electron chi connectivity index (χ1n) is 10.7. The summed E-state index contributed by atoms with van der Waals surface area (Å²) in [6.45, 7) is 0. The van der Waals surface area contributed by atoms with E-state index in [4.69, 9.17) is 4.74 Å². The minimum absolute atomic E-state index is 0.108. The first kappa shape index (κ1) is 20.8. The molecule has 0 saturated heterocycles. The molecule has 1 aliphatic heterocycles. The Hall–Kier alpha value is -3.13. The molecule has 0 bridgehead atoms. The third-order valence-electron chi connectivity index (χ3n) is 6.55. The van der Waals surface area contributed by atoms with E-state index in [1.165, 1.54) is 0 Å². The molecule has 7 nitrogen and oxygen atoms in total. The fourth-order valence-electron chi connectivity index (χ4n) is 4.89. The van der Waals surface area contributed by atoms with Gasteiger partial charge in [-0.05, 0) is 42.7 Å². The maximum absolute atomic E-state index is 13.8. The lowest BCUT2D eigenvalue weighted by Crippen LogP contribution is -2.38. The third kappa shape index (κ3) is 3.48. The van der Waals surface area contributed by atoms with Crippen LogP contribution in [0.2, 0.25) is 0 Å². The van der Waals surface area contributed by atoms with E-state index in [9.17, 15) is 13.2 Å². The van der Waals surface area contributed by atoms with E-state index in [1.807, 2.05) is 54.6 Å². The molecule has 0 unspecified atom stereocenters. The topological polar surface area (TPSA) is 90.3 Å². The van der Waals surface area contributed by atoms with Crippen molar-refractivity contribution in [3.8, 4) is 11.4 Å². The van der Waals surface area contributed by atoms with Crippen molar-refractivity contribution in [2.75, 3.05) is 12.4 Å². The Morgan fingerprint density at radius 3 is 2.38 bits per heavy atom. The Morgan fingerprint density at radius 1 is 1.03 bits per heavy atom. The largest absolute Gasteiger partial charge is 0.497 e. The number of fused-ring (bicyclic) bond motifs is 1. The fourth-order valence-corrected chi connectivity index (χ4v) is 6.38. The highest BCUT2D eigenvalue weighted by atomic mass is 32.2. The molecule has 0 spiro atoms. The molecule has 5 rings (SSSR count). The van der Waals surface area contributed by atoms with Crippen molar-refractivity contribution in [2.45, 2.75) is 42.6 Å². The highest BCUT2D eigenvalue weighted by Crippen LogP contribution is 2.43. The molecule has 1 aliphatic carbocycles. The van der Waals surface area contributed by atoms with Crippen LogP contribution < -0.4 is 10.1 Å². The molecule has 2 aliphatic rings. The summed E-state index contributed by atoms with van der Waals surface area (Å²) in [5, 5.41) is 7.67. The molecule has 32 heavy (non-hydrogen) atoms. The summed E-state index contributed by atoms with van der Waals surface area (Å²) in [6, 6.07) is 17.2. The van der Waals surface area contributed by atoms with Crippen molar-refractivity contribution >= 4 is 21.6 Å². The number of nitrogens with zero attached hydrogens (tertiary/aromatic N) is 2. The first-order chi connectivity index (χ1) is 15.4. The molecule has 0 atom stereocenters. The van der Waals surface area contributed by atoms with Gasteiger partial charge < -0.3 is 10.1 Å². The number of anilines is 1. The predicted octanol–water partition coefficient (Wildman–Crippen LogP) is 3.76. The summed E-state index contributed by atoms with van der Waals surface area (Å²) in [5.41, 5.74) is 2.18. The second kappa shape index (κ2) is 7.78. The van der Waals surface area contributed by atoms with Crippen molar-refractivity contribution in [1.29, 1.82) is 0 Å². The molecule has 1 fully saturated rings. The number of hydrogen-bond donors (Lipinski definition) is 1. The molecular formula is C24H25N3O4S. The van der Waals surface area contributed by atoms with E-state index in [0.717, 1.165) is 36.9 Å². The summed E-state index contributed by atoms with van der Waals surface area (Å²) in [6.07, 6.45) is 3.49. The zero-order valence-electron chi connectivity index (χ0n) is 17.9. The molecule has 0 radical (unpaired) electrons. The minimum atomic E-state index is -3.26. The minimum Gasteiger partial charge on any atom is -0.497 e. The second-order valence-corrected chi connectivity index (χ2v) is 10.6. The van der Waals surface area contributed by atoms with Gasteiger partial charge in [0, 0.05) is 5.56 Å². The number of carbonyl (C=O) groups excluding carboxylic acids is 1. The maximum Gasteiger partial charge on any atom is 0.236 e. The van der Waals surface area contributed by atoms with Gasteiger partial charge in [-0.2, -0.15) is 5.10 Å². The second-order valence-electron chi connectivity index (χ2n) is 8.53. The number of nitrogens with one attached hydrogen (secondary N) is 1. The van der Waals surface area contributed by atoms with Crippen LogP contribution in [0, 0.1) is 0 Å². The van der Waals surface area contributed by atoms with Crippen LogP contribution in [0.1, 0.15) is 42.5 Å². The summed E-state index contributed by atoms with van der Waals surface area (Å²) < 4.78 is 31.4. The quantitative estimate of drug-likeness (QED) is 0.638. The zero-order valence-corrected chi connectivity index (χ0v) is 18.7. The highest BCUT2D eigenvalue weighted by molar-refractivity contribution is 7.90. The zero-order chi connectivity index (χ0) is 22.3. The molecule has 166 valence electrons. The molecule has 1 aromatic heterocycles. The molecule has 1 saturated carbocycles. The number of carbonyl (C=O) groups is 1. The van der Waals surface area contributed by atoms with Gasteiger partial charge in [0.2, 0.25) is 5.91 Å². The van der Waals surface area contributed by atoms with Gasteiger partial charge in [-0.15, -0.1) is 0 Å². The highest BCUT2D eigenvalue weighted by Gasteiger charge is 2.44. The van der Waals surface area contributed by atoms with Gasteiger partial charge in [0.1, 0.15) is 11.6 Å². The third-order valence-corrected chi connectivity index (χ3v) is 8.00. The smallest absolute Gasteiger partial charge is 0.236 e. The van der Waals surface area contributed by atoms with Crippen LogP contribution in [0.4, 0.5) is 5.82 Å². The SMILES string of the molecule is COc1ccc(-n2nc3c(c2NC(=O)C2(c4ccccc4)CCCC2)CS(=O)(=O)C3)cc1. The maximum atomic E-state index is 13.8. The molecular weight excluding hydrogens is 426 g/mol. The van der Waals surface area contributed by atoms with E-state index >= 15 is 0 Å². The van der Waals surface area contributed by atoms with Crippen LogP contribution in [0.5, 0.6) is 5.75 Å².